The minimum absolute atomic E-state index is 0.0409. The van der Waals surface area contributed by atoms with Crippen molar-refractivity contribution in [3.05, 3.63) is 30.3 Å². The summed E-state index contributed by atoms with van der Waals surface area (Å²) in [6, 6.07) is 9.51. The first kappa shape index (κ1) is 16.6. The standard InChI is InChI=1S/C17H24N2O3S/c20-17(19-9-12-22-13-10-19)16-7-4-8-18(16)11-14-23(21)15-5-2-1-3-6-15/h1-3,5-6,16H,4,7-14H2/t16-,23-/m1/s1. The van der Waals surface area contributed by atoms with Crippen LogP contribution in [0.1, 0.15) is 12.8 Å². The molecule has 0 bridgehead atoms. The lowest BCUT2D eigenvalue weighted by atomic mass is 10.2. The van der Waals surface area contributed by atoms with Gasteiger partial charge in [-0.1, -0.05) is 18.2 Å². The first-order valence-electron chi connectivity index (χ1n) is 8.30. The molecule has 0 unspecified atom stereocenters. The molecule has 2 aliphatic heterocycles. The van der Waals surface area contributed by atoms with Crippen LogP contribution in [0.4, 0.5) is 0 Å². The molecule has 0 aromatic heterocycles. The number of hydrogen-bond acceptors (Lipinski definition) is 4. The van der Waals surface area contributed by atoms with Crippen LogP contribution in [0, 0.1) is 0 Å². The van der Waals surface area contributed by atoms with Gasteiger partial charge in [0.1, 0.15) is 0 Å². The third-order valence-electron chi connectivity index (χ3n) is 4.54. The molecule has 0 radical (unpaired) electrons. The molecule has 1 aromatic carbocycles. The zero-order chi connectivity index (χ0) is 16.1. The van der Waals surface area contributed by atoms with E-state index in [-0.39, 0.29) is 11.9 Å². The van der Waals surface area contributed by atoms with Gasteiger partial charge in [0.05, 0.1) is 30.1 Å². The Bertz CT molecular complexity index is 546. The van der Waals surface area contributed by atoms with Gasteiger partial charge in [-0.3, -0.25) is 13.9 Å². The van der Waals surface area contributed by atoms with E-state index >= 15 is 0 Å². The van der Waals surface area contributed by atoms with Crippen molar-refractivity contribution in [2.45, 2.75) is 23.8 Å². The molecule has 23 heavy (non-hydrogen) atoms. The SMILES string of the molecule is O=C([C@H]1CCCN1CC[S@@](=O)c1ccccc1)N1CCOCC1. The molecule has 5 nitrogen and oxygen atoms in total. The van der Waals surface area contributed by atoms with Gasteiger partial charge < -0.3 is 9.64 Å². The molecule has 0 N–H and O–H groups in total. The Morgan fingerprint density at radius 1 is 1.17 bits per heavy atom. The summed E-state index contributed by atoms with van der Waals surface area (Å²) in [6.45, 7) is 4.29. The number of amides is 1. The molecule has 2 aliphatic rings. The largest absolute Gasteiger partial charge is 0.378 e. The minimum atomic E-state index is -0.999. The summed E-state index contributed by atoms with van der Waals surface area (Å²) in [7, 11) is -0.999. The summed E-state index contributed by atoms with van der Waals surface area (Å²) in [6.07, 6.45) is 1.95. The van der Waals surface area contributed by atoms with Crippen LogP contribution in [0.15, 0.2) is 35.2 Å². The summed E-state index contributed by atoms with van der Waals surface area (Å²) in [5, 5.41) is 0. The van der Waals surface area contributed by atoms with Crippen LogP contribution in [-0.2, 0) is 20.3 Å². The number of carbonyl (C=O) groups is 1. The highest BCUT2D eigenvalue weighted by Gasteiger charge is 2.34. The van der Waals surface area contributed by atoms with Crippen molar-refractivity contribution >= 4 is 16.7 Å². The molecule has 1 aromatic rings. The number of likely N-dealkylation sites (tertiary alicyclic amines) is 1. The second kappa shape index (κ2) is 8.04. The monoisotopic (exact) mass is 336 g/mol. The molecule has 3 rings (SSSR count). The van der Waals surface area contributed by atoms with E-state index in [0.717, 1.165) is 24.3 Å². The van der Waals surface area contributed by atoms with E-state index in [4.69, 9.17) is 4.74 Å². The second-order valence-electron chi connectivity index (χ2n) is 5.99. The average Bonchev–Trinajstić information content (AvgIpc) is 3.09. The van der Waals surface area contributed by atoms with Gasteiger partial charge in [0.2, 0.25) is 5.91 Å². The van der Waals surface area contributed by atoms with Gasteiger partial charge in [-0.25, -0.2) is 0 Å². The number of benzene rings is 1. The number of rotatable bonds is 5. The fourth-order valence-electron chi connectivity index (χ4n) is 3.26. The van der Waals surface area contributed by atoms with Crippen molar-refractivity contribution in [1.29, 1.82) is 0 Å². The molecule has 126 valence electrons. The molecule has 2 saturated heterocycles. The predicted molar refractivity (Wildman–Crippen MR) is 89.7 cm³/mol. The summed E-state index contributed by atoms with van der Waals surface area (Å²) in [4.78, 5) is 17.7. The lowest BCUT2D eigenvalue weighted by Gasteiger charge is -2.32. The van der Waals surface area contributed by atoms with Gasteiger partial charge in [-0.15, -0.1) is 0 Å². The summed E-state index contributed by atoms with van der Waals surface area (Å²) in [5.74, 6) is 0.799. The van der Waals surface area contributed by atoms with Crippen molar-refractivity contribution in [1.82, 2.24) is 9.80 Å². The molecule has 1 amide bonds. The third-order valence-corrected chi connectivity index (χ3v) is 5.89. The van der Waals surface area contributed by atoms with E-state index in [1.54, 1.807) is 0 Å². The fourth-order valence-corrected chi connectivity index (χ4v) is 4.35. The lowest BCUT2D eigenvalue weighted by molar-refractivity contribution is -0.140. The maximum atomic E-state index is 12.7. The van der Waals surface area contributed by atoms with Crippen molar-refractivity contribution in [3.63, 3.8) is 0 Å². The molecule has 2 fully saturated rings. The van der Waals surface area contributed by atoms with Crippen LogP contribution >= 0.6 is 0 Å². The molecular formula is C17H24N2O3S. The van der Waals surface area contributed by atoms with Crippen molar-refractivity contribution in [2.75, 3.05) is 45.1 Å². The lowest BCUT2D eigenvalue weighted by Crippen LogP contribution is -2.50. The van der Waals surface area contributed by atoms with Crippen LogP contribution in [-0.4, -0.2) is 71.1 Å². The summed E-state index contributed by atoms with van der Waals surface area (Å²) >= 11 is 0. The number of ether oxygens (including phenoxy) is 1. The van der Waals surface area contributed by atoms with Gasteiger partial charge in [0.15, 0.2) is 0 Å². The van der Waals surface area contributed by atoms with E-state index in [2.05, 4.69) is 4.90 Å². The Morgan fingerprint density at radius 2 is 1.91 bits per heavy atom. The molecule has 0 saturated carbocycles. The van der Waals surface area contributed by atoms with E-state index in [0.29, 0.717) is 38.6 Å². The van der Waals surface area contributed by atoms with Crippen LogP contribution in [0.5, 0.6) is 0 Å². The third kappa shape index (κ3) is 4.19. The van der Waals surface area contributed by atoms with Gasteiger partial charge in [-0.2, -0.15) is 0 Å². The zero-order valence-electron chi connectivity index (χ0n) is 13.4. The van der Waals surface area contributed by atoms with E-state index in [1.165, 1.54) is 0 Å². The van der Waals surface area contributed by atoms with Crippen molar-refractivity contribution in [2.24, 2.45) is 0 Å². The summed E-state index contributed by atoms with van der Waals surface area (Å²) in [5.41, 5.74) is 0. The highest BCUT2D eigenvalue weighted by Crippen LogP contribution is 2.20. The van der Waals surface area contributed by atoms with Crippen LogP contribution in [0.3, 0.4) is 0 Å². The van der Waals surface area contributed by atoms with Gasteiger partial charge in [-0.05, 0) is 31.5 Å². The number of nitrogens with zero attached hydrogens (tertiary/aromatic N) is 2. The maximum Gasteiger partial charge on any atom is 0.240 e. The van der Waals surface area contributed by atoms with E-state index in [9.17, 15) is 9.00 Å². The fraction of sp³-hybridized carbons (Fsp3) is 0.588. The molecule has 0 aliphatic carbocycles. The topological polar surface area (TPSA) is 49.9 Å². The maximum absolute atomic E-state index is 12.7. The zero-order valence-corrected chi connectivity index (χ0v) is 14.2. The highest BCUT2D eigenvalue weighted by atomic mass is 32.2. The van der Waals surface area contributed by atoms with Crippen LogP contribution < -0.4 is 0 Å². The first-order valence-corrected chi connectivity index (χ1v) is 9.61. The number of carbonyl (C=O) groups excluding carboxylic acids is 1. The van der Waals surface area contributed by atoms with Gasteiger partial charge >= 0.3 is 0 Å². The van der Waals surface area contributed by atoms with E-state index in [1.807, 2.05) is 35.2 Å². The Morgan fingerprint density at radius 3 is 2.65 bits per heavy atom. The second-order valence-corrected chi connectivity index (χ2v) is 7.57. The minimum Gasteiger partial charge on any atom is -0.378 e. The predicted octanol–water partition coefficient (Wildman–Crippen LogP) is 1.12. The Labute approximate surface area is 140 Å². The molecule has 2 heterocycles. The Hall–Kier alpha value is -1.24. The Kier molecular flexibility index (Phi) is 5.80. The quantitative estimate of drug-likeness (QED) is 0.808. The van der Waals surface area contributed by atoms with E-state index < -0.39 is 10.8 Å². The molecule has 0 spiro atoms. The van der Waals surface area contributed by atoms with Crippen molar-refractivity contribution in [3.8, 4) is 0 Å². The van der Waals surface area contributed by atoms with Crippen molar-refractivity contribution < 1.29 is 13.7 Å². The molecule has 2 atom stereocenters. The van der Waals surface area contributed by atoms with Gasteiger partial charge in [0, 0.05) is 30.3 Å². The highest BCUT2D eigenvalue weighted by molar-refractivity contribution is 7.85. The molecule has 6 heteroatoms. The van der Waals surface area contributed by atoms with Gasteiger partial charge in [0.25, 0.3) is 0 Å². The number of morpholine rings is 1. The normalized spacial score (nSPS) is 23.8. The molecular weight excluding hydrogens is 312 g/mol. The number of hydrogen-bond donors (Lipinski definition) is 0. The first-order chi connectivity index (χ1) is 11.3. The average molecular weight is 336 g/mol. The Balaban J connectivity index is 1.54. The summed E-state index contributed by atoms with van der Waals surface area (Å²) < 4.78 is 17.7. The smallest absolute Gasteiger partial charge is 0.240 e. The van der Waals surface area contributed by atoms with Crippen LogP contribution in [0.25, 0.3) is 0 Å². The van der Waals surface area contributed by atoms with Crippen LogP contribution in [0.2, 0.25) is 0 Å².